The SMILES string of the molecule is Cc1ccc(C(Cc2cn3ccsc3n2)NN)o1. The first-order chi connectivity index (χ1) is 8.76. The Morgan fingerprint density at radius 2 is 2.44 bits per heavy atom. The Morgan fingerprint density at radius 1 is 1.56 bits per heavy atom. The molecular formula is C12H14N4OS. The minimum atomic E-state index is -0.0525. The summed E-state index contributed by atoms with van der Waals surface area (Å²) in [7, 11) is 0. The molecule has 18 heavy (non-hydrogen) atoms. The normalized spacial score (nSPS) is 13.2. The highest BCUT2D eigenvalue weighted by molar-refractivity contribution is 7.15. The molecule has 0 fully saturated rings. The second-order valence-electron chi connectivity index (χ2n) is 4.20. The topological polar surface area (TPSA) is 68.5 Å². The van der Waals surface area contributed by atoms with Crippen molar-refractivity contribution in [3.8, 4) is 0 Å². The van der Waals surface area contributed by atoms with Crippen molar-refractivity contribution in [3.63, 3.8) is 0 Å². The quantitative estimate of drug-likeness (QED) is 0.557. The van der Waals surface area contributed by atoms with Crippen LogP contribution in [0.4, 0.5) is 0 Å². The molecule has 0 aliphatic carbocycles. The Kier molecular flexibility index (Phi) is 2.91. The number of fused-ring (bicyclic) bond motifs is 1. The molecular weight excluding hydrogens is 248 g/mol. The van der Waals surface area contributed by atoms with Crippen LogP contribution in [-0.2, 0) is 6.42 Å². The minimum absolute atomic E-state index is 0.0525. The molecule has 0 saturated heterocycles. The van der Waals surface area contributed by atoms with Gasteiger partial charge in [-0.25, -0.2) is 10.4 Å². The van der Waals surface area contributed by atoms with Gasteiger partial charge in [0.2, 0.25) is 0 Å². The maximum atomic E-state index is 5.59. The van der Waals surface area contributed by atoms with Crippen LogP contribution < -0.4 is 11.3 Å². The average Bonchev–Trinajstić information content (AvgIpc) is 3.00. The highest BCUT2D eigenvalue weighted by Gasteiger charge is 2.16. The van der Waals surface area contributed by atoms with Crippen LogP contribution in [0.3, 0.4) is 0 Å². The minimum Gasteiger partial charge on any atom is -0.465 e. The smallest absolute Gasteiger partial charge is 0.193 e. The Hall–Kier alpha value is -1.63. The number of thiazole rings is 1. The van der Waals surface area contributed by atoms with E-state index in [1.165, 1.54) is 0 Å². The molecule has 0 aromatic carbocycles. The second-order valence-corrected chi connectivity index (χ2v) is 5.07. The highest BCUT2D eigenvalue weighted by Crippen LogP contribution is 2.21. The number of nitrogens with zero attached hydrogens (tertiary/aromatic N) is 2. The predicted octanol–water partition coefficient (Wildman–Crippen LogP) is 2.04. The number of aryl methyl sites for hydroxylation is 1. The number of nitrogens with one attached hydrogen (secondary N) is 1. The lowest BCUT2D eigenvalue weighted by Crippen LogP contribution is -2.29. The Bertz CT molecular complexity index is 625. The van der Waals surface area contributed by atoms with Crippen molar-refractivity contribution in [2.45, 2.75) is 19.4 Å². The third-order valence-electron chi connectivity index (χ3n) is 2.86. The summed E-state index contributed by atoms with van der Waals surface area (Å²) in [6.45, 7) is 1.92. The lowest BCUT2D eigenvalue weighted by molar-refractivity contribution is 0.401. The van der Waals surface area contributed by atoms with Crippen molar-refractivity contribution in [1.82, 2.24) is 14.8 Å². The predicted molar refractivity (Wildman–Crippen MR) is 70.3 cm³/mol. The summed E-state index contributed by atoms with van der Waals surface area (Å²) in [5.74, 6) is 7.31. The van der Waals surface area contributed by atoms with Gasteiger partial charge in [0.15, 0.2) is 4.96 Å². The van der Waals surface area contributed by atoms with Gasteiger partial charge in [0, 0.05) is 24.2 Å². The van der Waals surface area contributed by atoms with E-state index in [9.17, 15) is 0 Å². The zero-order valence-corrected chi connectivity index (χ0v) is 10.8. The first kappa shape index (κ1) is 11.5. The second kappa shape index (κ2) is 4.56. The number of hydrazine groups is 1. The van der Waals surface area contributed by atoms with Crippen LogP contribution in [0.5, 0.6) is 0 Å². The van der Waals surface area contributed by atoms with E-state index in [0.29, 0.717) is 6.42 Å². The summed E-state index contributed by atoms with van der Waals surface area (Å²) in [6.07, 6.45) is 4.72. The average molecular weight is 262 g/mol. The largest absolute Gasteiger partial charge is 0.465 e. The van der Waals surface area contributed by atoms with E-state index in [0.717, 1.165) is 22.2 Å². The van der Waals surface area contributed by atoms with Crippen LogP contribution in [0, 0.1) is 6.92 Å². The van der Waals surface area contributed by atoms with Crippen molar-refractivity contribution in [2.75, 3.05) is 0 Å². The molecule has 0 radical (unpaired) electrons. The molecule has 0 saturated carbocycles. The third kappa shape index (κ3) is 2.05. The van der Waals surface area contributed by atoms with Crippen molar-refractivity contribution in [1.29, 1.82) is 0 Å². The summed E-state index contributed by atoms with van der Waals surface area (Å²) < 4.78 is 7.60. The summed E-state index contributed by atoms with van der Waals surface area (Å²) >= 11 is 1.62. The fourth-order valence-electron chi connectivity index (χ4n) is 1.97. The van der Waals surface area contributed by atoms with Gasteiger partial charge < -0.3 is 4.42 Å². The fraction of sp³-hybridized carbons (Fsp3) is 0.250. The molecule has 3 aromatic rings. The summed E-state index contributed by atoms with van der Waals surface area (Å²) in [4.78, 5) is 5.53. The Morgan fingerprint density at radius 3 is 3.11 bits per heavy atom. The molecule has 0 bridgehead atoms. The molecule has 0 aliphatic rings. The first-order valence-electron chi connectivity index (χ1n) is 5.70. The summed E-state index contributed by atoms with van der Waals surface area (Å²) in [5, 5.41) is 2.01. The van der Waals surface area contributed by atoms with E-state index < -0.39 is 0 Å². The summed E-state index contributed by atoms with van der Waals surface area (Å²) in [5.41, 5.74) is 3.78. The number of furan rings is 1. The van der Waals surface area contributed by atoms with Gasteiger partial charge in [-0.15, -0.1) is 11.3 Å². The molecule has 0 aliphatic heterocycles. The molecule has 6 heteroatoms. The van der Waals surface area contributed by atoms with Crippen LogP contribution in [0.1, 0.15) is 23.3 Å². The van der Waals surface area contributed by atoms with Crippen molar-refractivity contribution >= 4 is 16.3 Å². The number of imidazole rings is 1. The van der Waals surface area contributed by atoms with Gasteiger partial charge in [-0.2, -0.15) is 0 Å². The van der Waals surface area contributed by atoms with Crippen LogP contribution in [0.15, 0.2) is 34.3 Å². The summed E-state index contributed by atoms with van der Waals surface area (Å²) in [6, 6.07) is 3.83. The van der Waals surface area contributed by atoms with E-state index in [1.54, 1.807) is 11.3 Å². The number of aromatic nitrogens is 2. The standard InChI is InChI=1S/C12H14N4OS/c1-8-2-3-11(17-8)10(15-13)6-9-7-16-4-5-18-12(16)14-9/h2-5,7,10,15H,6,13H2,1H3. The zero-order valence-electron chi connectivity index (χ0n) is 9.96. The number of hydrogen-bond acceptors (Lipinski definition) is 5. The van der Waals surface area contributed by atoms with E-state index in [-0.39, 0.29) is 6.04 Å². The maximum Gasteiger partial charge on any atom is 0.193 e. The van der Waals surface area contributed by atoms with Gasteiger partial charge >= 0.3 is 0 Å². The fourth-order valence-corrected chi connectivity index (χ4v) is 2.68. The van der Waals surface area contributed by atoms with E-state index in [2.05, 4.69) is 10.4 Å². The number of hydrogen-bond donors (Lipinski definition) is 2. The molecule has 94 valence electrons. The molecule has 3 rings (SSSR count). The number of nitrogens with two attached hydrogens (primary N) is 1. The van der Waals surface area contributed by atoms with E-state index in [4.69, 9.17) is 10.3 Å². The monoisotopic (exact) mass is 262 g/mol. The van der Waals surface area contributed by atoms with Gasteiger partial charge in [-0.05, 0) is 19.1 Å². The third-order valence-corrected chi connectivity index (χ3v) is 3.63. The highest BCUT2D eigenvalue weighted by atomic mass is 32.1. The Balaban J connectivity index is 1.83. The van der Waals surface area contributed by atoms with Gasteiger partial charge in [-0.1, -0.05) is 0 Å². The van der Waals surface area contributed by atoms with Gasteiger partial charge in [0.05, 0.1) is 11.7 Å². The lowest BCUT2D eigenvalue weighted by Gasteiger charge is -2.11. The van der Waals surface area contributed by atoms with Crippen LogP contribution in [0.25, 0.3) is 4.96 Å². The Labute approximate surface area is 108 Å². The number of rotatable bonds is 4. The van der Waals surface area contributed by atoms with E-state index >= 15 is 0 Å². The molecule has 3 aromatic heterocycles. The molecule has 1 unspecified atom stereocenters. The molecule has 0 spiro atoms. The lowest BCUT2D eigenvalue weighted by atomic mass is 10.1. The van der Waals surface area contributed by atoms with Gasteiger partial charge in [-0.3, -0.25) is 10.2 Å². The van der Waals surface area contributed by atoms with Crippen molar-refractivity contribution in [2.24, 2.45) is 5.84 Å². The molecule has 0 amide bonds. The first-order valence-corrected chi connectivity index (χ1v) is 6.58. The molecule has 3 heterocycles. The van der Waals surface area contributed by atoms with Crippen molar-refractivity contribution < 1.29 is 4.42 Å². The van der Waals surface area contributed by atoms with Crippen LogP contribution >= 0.6 is 11.3 Å². The van der Waals surface area contributed by atoms with Crippen molar-refractivity contribution in [3.05, 3.63) is 47.1 Å². The van der Waals surface area contributed by atoms with Gasteiger partial charge in [0.25, 0.3) is 0 Å². The molecule has 3 N–H and O–H groups in total. The molecule has 5 nitrogen and oxygen atoms in total. The maximum absolute atomic E-state index is 5.59. The van der Waals surface area contributed by atoms with Gasteiger partial charge in [0.1, 0.15) is 11.5 Å². The van der Waals surface area contributed by atoms with E-state index in [1.807, 2.05) is 41.2 Å². The molecule has 1 atom stereocenters. The van der Waals surface area contributed by atoms with Crippen LogP contribution in [0.2, 0.25) is 0 Å². The zero-order chi connectivity index (χ0) is 12.5. The van der Waals surface area contributed by atoms with Crippen LogP contribution in [-0.4, -0.2) is 9.38 Å².